The molecule has 0 aromatic carbocycles. The molecule has 0 radical (unpaired) electrons. The van der Waals surface area contributed by atoms with Gasteiger partial charge in [-0.1, -0.05) is 0 Å². The summed E-state index contributed by atoms with van der Waals surface area (Å²) in [6, 6.07) is 0. The summed E-state index contributed by atoms with van der Waals surface area (Å²) in [6.45, 7) is 1.32. The molecule has 0 aromatic rings. The van der Waals surface area contributed by atoms with Gasteiger partial charge in [0.15, 0.2) is 0 Å². The fourth-order valence-corrected chi connectivity index (χ4v) is 2.42. The van der Waals surface area contributed by atoms with Crippen molar-refractivity contribution in [3.63, 3.8) is 0 Å². The second-order valence-corrected chi connectivity index (χ2v) is 4.51. The Bertz CT molecular complexity index is 196. The van der Waals surface area contributed by atoms with Crippen LogP contribution in [-0.4, -0.2) is 39.0 Å². The van der Waals surface area contributed by atoms with Crippen molar-refractivity contribution in [2.75, 3.05) is 0 Å². The number of halogens is 2. The van der Waals surface area contributed by atoms with Crippen molar-refractivity contribution < 1.29 is 15.0 Å². The zero-order valence-electron chi connectivity index (χ0n) is 7.15. The van der Waals surface area contributed by atoms with Gasteiger partial charge in [0.1, 0.15) is 5.78 Å². The van der Waals surface area contributed by atoms with Gasteiger partial charge in [0.2, 0.25) is 0 Å². The van der Waals surface area contributed by atoms with Crippen molar-refractivity contribution in [2.45, 2.75) is 36.3 Å². The van der Waals surface area contributed by atoms with Gasteiger partial charge in [-0.05, 0) is 13.3 Å². The van der Waals surface area contributed by atoms with Crippen molar-refractivity contribution in [1.82, 2.24) is 0 Å². The molecule has 0 amide bonds. The van der Waals surface area contributed by atoms with Crippen LogP contribution in [0.4, 0.5) is 0 Å². The summed E-state index contributed by atoms with van der Waals surface area (Å²) in [6.07, 6.45) is -1.68. The first kappa shape index (κ1) is 11.2. The molecule has 0 saturated heterocycles. The fourth-order valence-electron chi connectivity index (χ4n) is 1.63. The van der Waals surface area contributed by atoms with Gasteiger partial charge < -0.3 is 10.2 Å². The van der Waals surface area contributed by atoms with Crippen molar-refractivity contribution >= 4 is 29.0 Å². The molecule has 1 aliphatic rings. The third kappa shape index (κ3) is 2.15. The van der Waals surface area contributed by atoms with Crippen molar-refractivity contribution in [2.24, 2.45) is 5.92 Å². The highest BCUT2D eigenvalue weighted by Gasteiger charge is 2.44. The van der Waals surface area contributed by atoms with Crippen LogP contribution in [0.3, 0.4) is 0 Å². The number of rotatable bonds is 1. The third-order valence-corrected chi connectivity index (χ3v) is 3.27. The fraction of sp³-hybridized carbons (Fsp3) is 0.875. The Morgan fingerprint density at radius 1 is 1.23 bits per heavy atom. The normalized spacial score (nSPS) is 46.1. The number of carbonyl (C=O) groups excluding carboxylic acids is 1. The molecule has 1 aliphatic carbocycles. The Morgan fingerprint density at radius 2 is 1.62 bits per heavy atom. The van der Waals surface area contributed by atoms with E-state index in [0.717, 1.165) is 0 Å². The standard InChI is InChI=1S/C8H12Cl2O3/c1-3(11)6-7(12)4(9)2-5(10)8(6)13/h4-8,12-13H,2H2,1H3. The minimum atomic E-state index is -0.996. The number of hydrogen-bond donors (Lipinski definition) is 2. The van der Waals surface area contributed by atoms with Crippen molar-refractivity contribution in [3.8, 4) is 0 Å². The van der Waals surface area contributed by atoms with Crippen LogP contribution in [0.1, 0.15) is 13.3 Å². The quantitative estimate of drug-likeness (QED) is 0.642. The monoisotopic (exact) mass is 226 g/mol. The zero-order valence-corrected chi connectivity index (χ0v) is 8.66. The highest BCUT2D eigenvalue weighted by molar-refractivity contribution is 6.24. The van der Waals surface area contributed by atoms with Crippen LogP contribution in [0.25, 0.3) is 0 Å². The molecule has 3 nitrogen and oxygen atoms in total. The van der Waals surface area contributed by atoms with E-state index in [-0.39, 0.29) is 5.78 Å². The lowest BCUT2D eigenvalue weighted by Gasteiger charge is -2.36. The second kappa shape index (κ2) is 4.13. The number of ketones is 1. The van der Waals surface area contributed by atoms with Crippen LogP contribution in [0, 0.1) is 5.92 Å². The molecule has 0 bridgehead atoms. The predicted molar refractivity (Wildman–Crippen MR) is 50.1 cm³/mol. The molecule has 0 aromatic heterocycles. The molecule has 13 heavy (non-hydrogen) atoms. The molecule has 0 heterocycles. The van der Waals surface area contributed by atoms with Crippen LogP contribution >= 0.6 is 23.2 Å². The molecule has 2 N–H and O–H groups in total. The highest BCUT2D eigenvalue weighted by atomic mass is 35.5. The van der Waals surface area contributed by atoms with Crippen LogP contribution in [0.15, 0.2) is 0 Å². The molecule has 0 aliphatic heterocycles. The molecule has 1 fully saturated rings. The van der Waals surface area contributed by atoms with E-state index in [9.17, 15) is 15.0 Å². The van der Waals surface area contributed by atoms with Gasteiger partial charge >= 0.3 is 0 Å². The molecule has 5 heteroatoms. The maximum absolute atomic E-state index is 11.1. The van der Waals surface area contributed by atoms with Crippen molar-refractivity contribution in [3.05, 3.63) is 0 Å². The Balaban J connectivity index is 2.82. The molecule has 76 valence electrons. The van der Waals surface area contributed by atoms with E-state index >= 15 is 0 Å². The van der Waals surface area contributed by atoms with E-state index in [0.29, 0.717) is 6.42 Å². The van der Waals surface area contributed by atoms with Gasteiger partial charge in [0.05, 0.1) is 28.9 Å². The van der Waals surface area contributed by atoms with Gasteiger partial charge in [0.25, 0.3) is 0 Å². The van der Waals surface area contributed by atoms with Gasteiger partial charge in [-0.25, -0.2) is 0 Å². The maximum Gasteiger partial charge on any atom is 0.138 e. The van der Waals surface area contributed by atoms with E-state index in [1.54, 1.807) is 0 Å². The van der Waals surface area contributed by atoms with E-state index in [4.69, 9.17) is 23.2 Å². The van der Waals surface area contributed by atoms with Gasteiger partial charge in [-0.2, -0.15) is 0 Å². The first-order chi connectivity index (χ1) is 5.95. The van der Waals surface area contributed by atoms with E-state index < -0.39 is 28.9 Å². The number of aliphatic hydroxyl groups is 2. The molecular formula is C8H12Cl2O3. The van der Waals surface area contributed by atoms with Gasteiger partial charge in [0, 0.05) is 0 Å². The maximum atomic E-state index is 11.1. The summed E-state index contributed by atoms with van der Waals surface area (Å²) in [5.41, 5.74) is 0. The Hall–Kier alpha value is 0.170. The molecule has 4 atom stereocenters. The molecule has 1 rings (SSSR count). The van der Waals surface area contributed by atoms with Crippen LogP contribution in [0.5, 0.6) is 0 Å². The summed E-state index contributed by atoms with van der Waals surface area (Å²) in [5.74, 6) is -1.13. The van der Waals surface area contributed by atoms with Crippen LogP contribution in [-0.2, 0) is 4.79 Å². The molecule has 4 unspecified atom stereocenters. The van der Waals surface area contributed by atoms with Gasteiger partial charge in [-0.3, -0.25) is 4.79 Å². The average Bonchev–Trinajstić information content (AvgIpc) is 2.01. The minimum Gasteiger partial charge on any atom is -0.391 e. The number of hydrogen-bond acceptors (Lipinski definition) is 3. The number of Topliss-reactive ketones (excluding diaryl/α,β-unsaturated/α-hetero) is 1. The smallest absolute Gasteiger partial charge is 0.138 e. The minimum absolute atomic E-state index is 0.281. The van der Waals surface area contributed by atoms with Crippen LogP contribution in [0.2, 0.25) is 0 Å². The highest BCUT2D eigenvalue weighted by Crippen LogP contribution is 2.32. The van der Waals surface area contributed by atoms with E-state index in [1.165, 1.54) is 6.92 Å². The summed E-state index contributed by atoms with van der Waals surface area (Å²) < 4.78 is 0. The average molecular weight is 227 g/mol. The number of carbonyl (C=O) groups is 1. The molecule has 1 saturated carbocycles. The Morgan fingerprint density at radius 3 is 1.92 bits per heavy atom. The lowest BCUT2D eigenvalue weighted by atomic mass is 9.81. The third-order valence-electron chi connectivity index (χ3n) is 2.40. The Labute approximate surface area is 86.6 Å². The predicted octanol–water partition coefficient (Wildman–Crippen LogP) is 0.532. The summed E-state index contributed by atoms with van der Waals surface area (Å²) in [5, 5.41) is 17.9. The summed E-state index contributed by atoms with van der Waals surface area (Å²) in [4.78, 5) is 11.1. The number of alkyl halides is 2. The Kier molecular flexibility index (Phi) is 3.57. The van der Waals surface area contributed by atoms with Gasteiger partial charge in [-0.15, -0.1) is 23.2 Å². The number of aliphatic hydroxyl groups excluding tert-OH is 2. The second-order valence-electron chi connectivity index (χ2n) is 3.39. The molecule has 0 spiro atoms. The summed E-state index contributed by atoms with van der Waals surface area (Å²) in [7, 11) is 0. The lowest BCUT2D eigenvalue weighted by molar-refractivity contribution is -0.131. The first-order valence-electron chi connectivity index (χ1n) is 4.10. The largest absolute Gasteiger partial charge is 0.391 e. The van der Waals surface area contributed by atoms with Crippen LogP contribution < -0.4 is 0 Å². The van der Waals surface area contributed by atoms with E-state index in [1.807, 2.05) is 0 Å². The van der Waals surface area contributed by atoms with E-state index in [2.05, 4.69) is 0 Å². The summed E-state index contributed by atoms with van der Waals surface area (Å²) >= 11 is 11.5. The first-order valence-corrected chi connectivity index (χ1v) is 4.97. The zero-order chi connectivity index (χ0) is 10.2. The van der Waals surface area contributed by atoms with Crippen molar-refractivity contribution in [1.29, 1.82) is 0 Å². The SMILES string of the molecule is CC(=O)C1C(O)C(Cl)CC(Cl)C1O. The topological polar surface area (TPSA) is 57.5 Å². The molecular weight excluding hydrogens is 215 g/mol. The lowest BCUT2D eigenvalue weighted by Crippen LogP contribution is -2.51.